The fourth-order valence-electron chi connectivity index (χ4n) is 0.906. The molecule has 0 atom stereocenters. The molecule has 72 valence electrons. The minimum absolute atomic E-state index is 1.10. The minimum Gasteiger partial charge on any atom is -0.242 e. The van der Waals surface area contributed by atoms with Crippen molar-refractivity contribution in [3.8, 4) is 0 Å². The molecule has 0 N–H and O–H groups in total. The fraction of sp³-hybridized carbons (Fsp3) is 0.364. The van der Waals surface area contributed by atoms with Crippen molar-refractivity contribution in [1.82, 2.24) is 5.01 Å². The van der Waals surface area contributed by atoms with Crippen LogP contribution < -0.4 is 0 Å². The van der Waals surface area contributed by atoms with Crippen molar-refractivity contribution in [2.24, 2.45) is 5.10 Å². The molecule has 0 aromatic rings. The molecule has 0 saturated carbocycles. The van der Waals surface area contributed by atoms with Gasteiger partial charge in [0.05, 0.1) is 5.70 Å². The molecule has 0 amide bonds. The second-order valence-electron chi connectivity index (χ2n) is 2.13. The molecule has 0 radical (unpaired) electrons. The van der Waals surface area contributed by atoms with Crippen molar-refractivity contribution in [3.63, 3.8) is 0 Å². The number of nitrogens with zero attached hydrogens (tertiary/aromatic N) is 2. The third kappa shape index (κ3) is 3.74. The summed E-state index contributed by atoms with van der Waals surface area (Å²) in [6.45, 7) is 7.90. The van der Waals surface area contributed by atoms with Gasteiger partial charge in [0.1, 0.15) is 0 Å². The lowest BCUT2D eigenvalue weighted by atomic mass is 10.3. The van der Waals surface area contributed by atoms with Gasteiger partial charge in [0, 0.05) is 12.4 Å². The standard InChI is InChI=1S/C9H12N2.C2H6/c1-3-9-7-5-6-8-11(9)10-4-2;1-2/h3-8H,1-2H3;1-2H3/b9-3-,10-4-;. The van der Waals surface area contributed by atoms with Crippen molar-refractivity contribution in [2.45, 2.75) is 27.7 Å². The van der Waals surface area contributed by atoms with Crippen molar-refractivity contribution < 1.29 is 0 Å². The molecule has 2 nitrogen and oxygen atoms in total. The SMILES string of the molecule is C/C=N\N1C=CC=C/C1=C/C.CC. The van der Waals surface area contributed by atoms with Crippen LogP contribution in [0.25, 0.3) is 0 Å². The Balaban J connectivity index is 0.000000671. The molecular formula is C11H18N2. The molecule has 0 aromatic carbocycles. The van der Waals surface area contributed by atoms with E-state index in [9.17, 15) is 0 Å². The molecule has 13 heavy (non-hydrogen) atoms. The van der Waals surface area contributed by atoms with E-state index in [1.165, 1.54) is 0 Å². The third-order valence-corrected chi connectivity index (χ3v) is 1.41. The van der Waals surface area contributed by atoms with Crippen LogP contribution in [0, 0.1) is 0 Å². The number of allylic oxidation sites excluding steroid dienone is 4. The first-order valence-corrected chi connectivity index (χ1v) is 4.67. The molecule has 0 spiro atoms. The Morgan fingerprint density at radius 2 is 1.92 bits per heavy atom. The Morgan fingerprint density at radius 3 is 2.46 bits per heavy atom. The maximum absolute atomic E-state index is 4.14. The van der Waals surface area contributed by atoms with Crippen LogP contribution in [-0.2, 0) is 0 Å². The second-order valence-corrected chi connectivity index (χ2v) is 2.13. The third-order valence-electron chi connectivity index (χ3n) is 1.41. The first-order valence-electron chi connectivity index (χ1n) is 4.67. The van der Waals surface area contributed by atoms with Gasteiger partial charge in [-0.1, -0.05) is 26.0 Å². The molecule has 1 aliphatic heterocycles. The lowest BCUT2D eigenvalue weighted by Crippen LogP contribution is -2.09. The van der Waals surface area contributed by atoms with Gasteiger partial charge < -0.3 is 0 Å². The predicted octanol–water partition coefficient (Wildman–Crippen LogP) is 3.31. The van der Waals surface area contributed by atoms with Gasteiger partial charge in [0.15, 0.2) is 0 Å². The Bertz CT molecular complexity index is 234. The van der Waals surface area contributed by atoms with E-state index in [2.05, 4.69) is 5.10 Å². The monoisotopic (exact) mass is 178 g/mol. The molecular weight excluding hydrogens is 160 g/mol. The molecule has 1 rings (SSSR count). The van der Waals surface area contributed by atoms with Crippen molar-refractivity contribution in [3.05, 3.63) is 36.2 Å². The average Bonchev–Trinajstić information content (AvgIpc) is 2.22. The highest BCUT2D eigenvalue weighted by Gasteiger charge is 2.00. The zero-order valence-corrected chi connectivity index (χ0v) is 8.86. The molecule has 0 aliphatic carbocycles. The van der Waals surface area contributed by atoms with Gasteiger partial charge in [-0.05, 0) is 26.0 Å². The van der Waals surface area contributed by atoms with Crippen molar-refractivity contribution in [1.29, 1.82) is 0 Å². The summed E-state index contributed by atoms with van der Waals surface area (Å²) in [4.78, 5) is 0. The van der Waals surface area contributed by atoms with Crippen LogP contribution in [-0.4, -0.2) is 11.2 Å². The van der Waals surface area contributed by atoms with E-state index in [1.54, 1.807) is 6.21 Å². The number of hydrogen-bond acceptors (Lipinski definition) is 2. The summed E-state index contributed by atoms with van der Waals surface area (Å²) in [7, 11) is 0. The molecule has 0 saturated heterocycles. The Labute approximate surface area is 80.9 Å². The Hall–Kier alpha value is -1.31. The van der Waals surface area contributed by atoms with E-state index in [1.807, 2.05) is 63.2 Å². The number of rotatable bonds is 1. The zero-order valence-electron chi connectivity index (χ0n) is 8.86. The summed E-state index contributed by atoms with van der Waals surface area (Å²) in [5.41, 5.74) is 1.10. The molecule has 1 aliphatic rings. The maximum atomic E-state index is 4.14. The molecule has 0 fully saturated rings. The number of hydrogen-bond donors (Lipinski definition) is 0. The Kier molecular flexibility index (Phi) is 6.60. The van der Waals surface area contributed by atoms with Crippen LogP contribution in [0.3, 0.4) is 0 Å². The average molecular weight is 178 g/mol. The quantitative estimate of drug-likeness (QED) is 0.562. The second kappa shape index (κ2) is 7.35. The van der Waals surface area contributed by atoms with Crippen LogP contribution >= 0.6 is 0 Å². The summed E-state index contributed by atoms with van der Waals surface area (Å²) in [6, 6.07) is 0. The maximum Gasteiger partial charge on any atom is 0.0602 e. The summed E-state index contributed by atoms with van der Waals surface area (Å²) in [6.07, 6.45) is 11.7. The fourth-order valence-corrected chi connectivity index (χ4v) is 0.906. The van der Waals surface area contributed by atoms with Gasteiger partial charge >= 0.3 is 0 Å². The van der Waals surface area contributed by atoms with Gasteiger partial charge in [-0.3, -0.25) is 0 Å². The van der Waals surface area contributed by atoms with Gasteiger partial charge in [0.25, 0.3) is 0 Å². The van der Waals surface area contributed by atoms with Crippen molar-refractivity contribution >= 4 is 6.21 Å². The van der Waals surface area contributed by atoms with Crippen LogP contribution in [0.5, 0.6) is 0 Å². The first kappa shape index (κ1) is 11.7. The molecule has 2 heteroatoms. The van der Waals surface area contributed by atoms with Gasteiger partial charge in [-0.15, -0.1) is 0 Å². The van der Waals surface area contributed by atoms with E-state index in [0.717, 1.165) is 5.70 Å². The highest BCUT2D eigenvalue weighted by molar-refractivity contribution is 5.53. The molecule has 0 aromatic heterocycles. The summed E-state index contributed by atoms with van der Waals surface area (Å²) in [5.74, 6) is 0. The van der Waals surface area contributed by atoms with Crippen LogP contribution in [0.2, 0.25) is 0 Å². The summed E-state index contributed by atoms with van der Waals surface area (Å²) in [5, 5.41) is 5.97. The molecule has 0 bridgehead atoms. The topological polar surface area (TPSA) is 15.6 Å². The Morgan fingerprint density at radius 1 is 1.23 bits per heavy atom. The highest BCUT2D eigenvalue weighted by Crippen LogP contribution is 2.11. The largest absolute Gasteiger partial charge is 0.242 e. The van der Waals surface area contributed by atoms with E-state index in [4.69, 9.17) is 0 Å². The van der Waals surface area contributed by atoms with Crippen LogP contribution in [0.1, 0.15) is 27.7 Å². The summed E-state index contributed by atoms with van der Waals surface area (Å²) >= 11 is 0. The van der Waals surface area contributed by atoms with E-state index >= 15 is 0 Å². The molecule has 0 unspecified atom stereocenters. The van der Waals surface area contributed by atoms with Gasteiger partial charge in [-0.2, -0.15) is 5.10 Å². The van der Waals surface area contributed by atoms with E-state index in [0.29, 0.717) is 0 Å². The first-order chi connectivity index (χ1) is 6.38. The lowest BCUT2D eigenvalue weighted by molar-refractivity contribution is 0.511. The van der Waals surface area contributed by atoms with Crippen LogP contribution in [0.4, 0.5) is 0 Å². The number of hydrazone groups is 1. The smallest absolute Gasteiger partial charge is 0.0602 e. The highest BCUT2D eigenvalue weighted by atomic mass is 15.4. The zero-order chi connectivity index (χ0) is 10.1. The van der Waals surface area contributed by atoms with E-state index < -0.39 is 0 Å². The normalized spacial score (nSPS) is 17.8. The van der Waals surface area contributed by atoms with Gasteiger partial charge in [0.2, 0.25) is 0 Å². The van der Waals surface area contributed by atoms with Gasteiger partial charge in [-0.25, -0.2) is 5.01 Å². The minimum atomic E-state index is 1.10. The van der Waals surface area contributed by atoms with Crippen molar-refractivity contribution in [2.75, 3.05) is 0 Å². The lowest BCUT2D eigenvalue weighted by Gasteiger charge is -2.16. The summed E-state index contributed by atoms with van der Waals surface area (Å²) < 4.78 is 0. The van der Waals surface area contributed by atoms with Crippen LogP contribution in [0.15, 0.2) is 41.3 Å². The van der Waals surface area contributed by atoms with E-state index in [-0.39, 0.29) is 0 Å². The molecule has 1 heterocycles. The predicted molar refractivity (Wildman–Crippen MR) is 59.4 cm³/mol.